The van der Waals surface area contributed by atoms with Gasteiger partial charge in [0.2, 0.25) is 0 Å². The van der Waals surface area contributed by atoms with Crippen molar-refractivity contribution in [1.29, 1.82) is 0 Å². The molecule has 3 radical (unpaired) electrons. The molecule has 51 valence electrons. The predicted octanol–water partition coefficient (Wildman–Crippen LogP) is 0.215. The third-order valence-electron chi connectivity index (χ3n) is 0. The first-order chi connectivity index (χ1) is 1.73. The van der Waals surface area contributed by atoms with Gasteiger partial charge in [-0.25, -0.2) is 4.79 Å². The number of carbonyl (C=O) groups is 1. The summed E-state index contributed by atoms with van der Waals surface area (Å²) in [6, 6.07) is 0. The number of rotatable bonds is 0. The minimum Gasteiger partial charge on any atom is -0.450 e. The minimum absolute atomic E-state index is 0. The van der Waals surface area contributed by atoms with Crippen LogP contribution in [0.15, 0.2) is 0 Å². The van der Waals surface area contributed by atoms with E-state index in [1.807, 2.05) is 0 Å². The molecule has 0 aliphatic carbocycles. The molecule has 0 aromatic heterocycles. The fourth-order valence-corrected chi connectivity index (χ4v) is 0. The average Bonchev–Trinajstić information content (AvgIpc) is 0.811. The Morgan fingerprint density at radius 3 is 1.29 bits per heavy atom. The molecule has 0 aromatic rings. The molecule has 0 heterocycles. The van der Waals surface area contributed by atoms with Crippen LogP contribution in [0.25, 0.3) is 0 Å². The molecule has 0 saturated carbocycles. The fraction of sp³-hybridized carbons (Fsp3) is 0. The molecular formula is CH2CoCuMnO3. The van der Waals surface area contributed by atoms with Crippen molar-refractivity contribution in [2.75, 3.05) is 0 Å². The van der Waals surface area contributed by atoms with E-state index in [9.17, 15) is 0 Å². The normalized spacial score (nSPS) is 3.43. The monoisotopic (exact) mass is 239 g/mol. The molecule has 0 aromatic carbocycles. The van der Waals surface area contributed by atoms with Gasteiger partial charge in [0.25, 0.3) is 0 Å². The molecule has 7 heavy (non-hydrogen) atoms. The Bertz CT molecular complexity index is 37.9. The Morgan fingerprint density at radius 2 is 1.29 bits per heavy atom. The van der Waals surface area contributed by atoms with E-state index in [2.05, 4.69) is 0 Å². The van der Waals surface area contributed by atoms with E-state index in [0.29, 0.717) is 0 Å². The van der Waals surface area contributed by atoms with Crippen LogP contribution in [-0.4, -0.2) is 16.4 Å². The van der Waals surface area contributed by atoms with E-state index in [0.717, 1.165) is 0 Å². The van der Waals surface area contributed by atoms with Crippen LogP contribution in [0.2, 0.25) is 0 Å². The zero-order valence-corrected chi connectivity index (χ0v) is 5.98. The minimum atomic E-state index is -1.83. The van der Waals surface area contributed by atoms with Gasteiger partial charge in [-0.05, 0) is 0 Å². The Kier molecular flexibility index (Phi) is 56.4. The summed E-state index contributed by atoms with van der Waals surface area (Å²) in [6.45, 7) is 0. The van der Waals surface area contributed by atoms with Gasteiger partial charge >= 0.3 is 6.16 Å². The molecule has 0 unspecified atom stereocenters. The van der Waals surface area contributed by atoms with Gasteiger partial charge in [0, 0.05) is 50.9 Å². The summed E-state index contributed by atoms with van der Waals surface area (Å²) >= 11 is 0. The van der Waals surface area contributed by atoms with Crippen molar-refractivity contribution in [2.24, 2.45) is 0 Å². The Morgan fingerprint density at radius 1 is 1.29 bits per heavy atom. The Balaban J connectivity index is -0.0000000150. The number of hydrogen-bond donors (Lipinski definition) is 2. The van der Waals surface area contributed by atoms with Crippen molar-refractivity contribution in [3.05, 3.63) is 0 Å². The zero-order valence-electron chi connectivity index (χ0n) is 2.82. The van der Waals surface area contributed by atoms with Crippen LogP contribution >= 0.6 is 0 Å². The van der Waals surface area contributed by atoms with E-state index in [4.69, 9.17) is 15.0 Å². The maximum atomic E-state index is 8.56. The first-order valence-electron chi connectivity index (χ1n) is 0.651. The largest absolute Gasteiger partial charge is 0.503 e. The number of carboxylic acid groups (broad SMARTS) is 2. The third kappa shape index (κ3) is 238. The second-order valence-electron chi connectivity index (χ2n) is 0.283. The van der Waals surface area contributed by atoms with Crippen molar-refractivity contribution in [1.82, 2.24) is 0 Å². The summed E-state index contributed by atoms with van der Waals surface area (Å²) < 4.78 is 0. The first kappa shape index (κ1) is 24.9. The summed E-state index contributed by atoms with van der Waals surface area (Å²) in [7, 11) is 0. The standard InChI is InChI=1S/CH2O3.Co.Cu.Mn/c2-1(3)4;;;/h(H2,2,3,4);;;. The smallest absolute Gasteiger partial charge is 0.450 e. The summed E-state index contributed by atoms with van der Waals surface area (Å²) in [6.07, 6.45) is -1.83. The molecule has 0 aliphatic heterocycles. The van der Waals surface area contributed by atoms with Gasteiger partial charge < -0.3 is 10.2 Å². The second-order valence-corrected chi connectivity index (χ2v) is 0.283. The van der Waals surface area contributed by atoms with Gasteiger partial charge in [-0.2, -0.15) is 0 Å². The van der Waals surface area contributed by atoms with E-state index >= 15 is 0 Å². The van der Waals surface area contributed by atoms with Gasteiger partial charge in [0.15, 0.2) is 0 Å². The number of hydrogen-bond acceptors (Lipinski definition) is 1. The van der Waals surface area contributed by atoms with E-state index in [-0.39, 0.29) is 50.9 Å². The van der Waals surface area contributed by atoms with Gasteiger partial charge in [0.1, 0.15) is 0 Å². The summed E-state index contributed by atoms with van der Waals surface area (Å²) in [5.74, 6) is 0. The Labute approximate surface area is 72.0 Å². The average molecular weight is 239 g/mol. The van der Waals surface area contributed by atoms with Gasteiger partial charge in [-0.15, -0.1) is 0 Å². The first-order valence-corrected chi connectivity index (χ1v) is 0.651. The molecule has 0 atom stereocenters. The fourth-order valence-electron chi connectivity index (χ4n) is 0. The van der Waals surface area contributed by atoms with Crippen LogP contribution in [0.4, 0.5) is 4.79 Å². The van der Waals surface area contributed by atoms with Gasteiger partial charge in [-0.1, -0.05) is 0 Å². The molecule has 0 saturated heterocycles. The molecule has 0 spiro atoms. The maximum absolute atomic E-state index is 8.56. The van der Waals surface area contributed by atoms with Crippen LogP contribution in [0.3, 0.4) is 0 Å². The summed E-state index contributed by atoms with van der Waals surface area (Å²) in [5.41, 5.74) is 0. The SMILES string of the molecule is O=C(O)O.[Co].[Cu].[Mn]. The summed E-state index contributed by atoms with van der Waals surface area (Å²) in [5, 5.41) is 13.9. The van der Waals surface area contributed by atoms with Gasteiger partial charge in [-0.3, -0.25) is 0 Å². The molecule has 3 nitrogen and oxygen atoms in total. The topological polar surface area (TPSA) is 57.5 Å². The van der Waals surface area contributed by atoms with E-state index in [1.54, 1.807) is 0 Å². The van der Waals surface area contributed by atoms with Crippen molar-refractivity contribution >= 4 is 6.16 Å². The second kappa shape index (κ2) is 15.8. The molecule has 0 amide bonds. The summed E-state index contributed by atoms with van der Waals surface area (Å²) in [4.78, 5) is 8.56. The van der Waals surface area contributed by atoms with Crippen molar-refractivity contribution in [3.63, 3.8) is 0 Å². The van der Waals surface area contributed by atoms with Crippen LogP contribution in [0.1, 0.15) is 0 Å². The van der Waals surface area contributed by atoms with Crippen molar-refractivity contribution in [2.45, 2.75) is 0 Å². The predicted molar refractivity (Wildman–Crippen MR) is 10.7 cm³/mol. The van der Waals surface area contributed by atoms with E-state index in [1.165, 1.54) is 0 Å². The van der Waals surface area contributed by atoms with Crippen LogP contribution < -0.4 is 0 Å². The molecule has 0 aliphatic rings. The quantitative estimate of drug-likeness (QED) is 0.594. The molecular weight excluding hydrogens is 237 g/mol. The maximum Gasteiger partial charge on any atom is 0.503 e. The van der Waals surface area contributed by atoms with Crippen LogP contribution in [0.5, 0.6) is 0 Å². The molecule has 0 bridgehead atoms. The van der Waals surface area contributed by atoms with Gasteiger partial charge in [0.05, 0.1) is 0 Å². The third-order valence-corrected chi connectivity index (χ3v) is 0. The van der Waals surface area contributed by atoms with Crippen LogP contribution in [-0.2, 0) is 50.9 Å². The molecule has 0 fully saturated rings. The molecule has 2 N–H and O–H groups in total. The van der Waals surface area contributed by atoms with Crippen molar-refractivity contribution < 1.29 is 65.9 Å². The zero-order chi connectivity index (χ0) is 3.58. The molecule has 6 heteroatoms. The van der Waals surface area contributed by atoms with E-state index < -0.39 is 6.16 Å². The Hall–Kier alpha value is 0.815. The van der Waals surface area contributed by atoms with Crippen LogP contribution in [0, 0.1) is 0 Å². The van der Waals surface area contributed by atoms with Crippen molar-refractivity contribution in [3.8, 4) is 0 Å². The molecule has 0 rings (SSSR count).